The van der Waals surface area contributed by atoms with Crippen LogP contribution in [0.4, 0.5) is 5.69 Å². The van der Waals surface area contributed by atoms with Crippen LogP contribution in [0, 0.1) is 0 Å². The molecule has 3 rings (SSSR count). The van der Waals surface area contributed by atoms with Gasteiger partial charge in [0.25, 0.3) is 5.91 Å². The summed E-state index contributed by atoms with van der Waals surface area (Å²) in [7, 11) is -3.82. The number of nitrogens with one attached hydrogen (secondary N) is 1. The summed E-state index contributed by atoms with van der Waals surface area (Å²) in [5.74, 6) is -0.315. The first kappa shape index (κ1) is 18.7. The molecule has 0 aromatic heterocycles. The van der Waals surface area contributed by atoms with Gasteiger partial charge in [0, 0.05) is 5.69 Å². The van der Waals surface area contributed by atoms with E-state index in [-0.39, 0.29) is 17.3 Å². The fourth-order valence-electron chi connectivity index (χ4n) is 2.28. The monoisotopic (exact) mass is 392 g/mol. The first-order valence-electron chi connectivity index (χ1n) is 7.78. The number of carbonyl (C=O) groups excluding carboxylic acids is 2. The molecule has 0 saturated heterocycles. The third-order valence-electron chi connectivity index (χ3n) is 3.71. The lowest BCUT2D eigenvalue weighted by molar-refractivity contribution is -0.123. The van der Waals surface area contributed by atoms with Crippen molar-refractivity contribution in [3.8, 4) is 11.5 Å². The SMILES string of the molecule is C[C@H](OC(=O)c1ccc2c(c1)OCO2)C(=O)Nc1ccc(S(N)(=O)=O)cc1. The first-order valence-corrected chi connectivity index (χ1v) is 9.33. The Hall–Kier alpha value is -3.11. The van der Waals surface area contributed by atoms with Crippen LogP contribution in [-0.2, 0) is 19.6 Å². The van der Waals surface area contributed by atoms with E-state index < -0.39 is 28.0 Å². The molecule has 1 amide bonds. The van der Waals surface area contributed by atoms with Crippen LogP contribution in [0.2, 0.25) is 0 Å². The van der Waals surface area contributed by atoms with Crippen molar-refractivity contribution in [1.29, 1.82) is 0 Å². The number of fused-ring (bicyclic) bond motifs is 1. The van der Waals surface area contributed by atoms with Crippen molar-refractivity contribution in [2.24, 2.45) is 5.14 Å². The quantitative estimate of drug-likeness (QED) is 0.731. The summed E-state index contributed by atoms with van der Waals surface area (Å²) < 4.78 is 37.9. The molecule has 2 aromatic rings. The molecule has 0 aliphatic carbocycles. The zero-order valence-corrected chi connectivity index (χ0v) is 15.0. The maximum absolute atomic E-state index is 12.2. The highest BCUT2D eigenvalue weighted by molar-refractivity contribution is 7.89. The molecule has 0 bridgehead atoms. The molecule has 3 N–H and O–H groups in total. The zero-order valence-electron chi connectivity index (χ0n) is 14.2. The Bertz CT molecular complexity index is 987. The lowest BCUT2D eigenvalue weighted by Gasteiger charge is -2.14. The number of esters is 1. The minimum absolute atomic E-state index is 0.0802. The number of carbonyl (C=O) groups is 2. The van der Waals surface area contributed by atoms with Crippen molar-refractivity contribution in [1.82, 2.24) is 0 Å². The molecule has 1 aliphatic heterocycles. The van der Waals surface area contributed by atoms with E-state index in [9.17, 15) is 18.0 Å². The van der Waals surface area contributed by atoms with E-state index in [0.29, 0.717) is 17.2 Å². The predicted octanol–water partition coefficient (Wildman–Crippen LogP) is 1.25. The number of anilines is 1. The van der Waals surface area contributed by atoms with Crippen LogP contribution < -0.4 is 19.9 Å². The Morgan fingerprint density at radius 1 is 1.11 bits per heavy atom. The van der Waals surface area contributed by atoms with Gasteiger partial charge in [-0.25, -0.2) is 18.4 Å². The highest BCUT2D eigenvalue weighted by Crippen LogP contribution is 2.32. The van der Waals surface area contributed by atoms with Crippen molar-refractivity contribution in [3.63, 3.8) is 0 Å². The van der Waals surface area contributed by atoms with Gasteiger partial charge >= 0.3 is 5.97 Å². The van der Waals surface area contributed by atoms with Crippen LogP contribution in [0.5, 0.6) is 11.5 Å². The maximum atomic E-state index is 12.2. The second-order valence-corrected chi connectivity index (χ2v) is 7.24. The van der Waals surface area contributed by atoms with Crippen LogP contribution in [0.25, 0.3) is 0 Å². The molecule has 0 fully saturated rings. The van der Waals surface area contributed by atoms with Crippen LogP contribution in [0.15, 0.2) is 47.4 Å². The average Bonchev–Trinajstić information content (AvgIpc) is 3.09. The first-order chi connectivity index (χ1) is 12.7. The van der Waals surface area contributed by atoms with E-state index in [1.807, 2.05) is 0 Å². The Balaban J connectivity index is 1.61. The molecule has 9 nitrogen and oxygen atoms in total. The molecule has 10 heteroatoms. The van der Waals surface area contributed by atoms with E-state index in [0.717, 1.165) is 0 Å². The number of rotatable bonds is 5. The summed E-state index contributed by atoms with van der Waals surface area (Å²) in [5, 5.41) is 7.53. The van der Waals surface area contributed by atoms with Crippen molar-refractivity contribution in [2.75, 3.05) is 12.1 Å². The third-order valence-corrected chi connectivity index (χ3v) is 4.64. The van der Waals surface area contributed by atoms with Crippen LogP contribution >= 0.6 is 0 Å². The minimum Gasteiger partial charge on any atom is -0.454 e. The number of hydrogen-bond donors (Lipinski definition) is 2. The summed E-state index contributed by atoms with van der Waals surface area (Å²) in [6.45, 7) is 1.50. The number of sulfonamides is 1. The smallest absolute Gasteiger partial charge is 0.339 e. The maximum Gasteiger partial charge on any atom is 0.339 e. The summed E-state index contributed by atoms with van der Waals surface area (Å²) >= 11 is 0. The lowest BCUT2D eigenvalue weighted by atomic mass is 10.2. The van der Waals surface area contributed by atoms with Gasteiger partial charge in [0.1, 0.15) is 0 Å². The normalized spacial score (nSPS) is 13.7. The number of nitrogens with two attached hydrogens (primary N) is 1. The van der Waals surface area contributed by atoms with E-state index >= 15 is 0 Å². The summed E-state index contributed by atoms with van der Waals surface area (Å²) in [6.07, 6.45) is -1.08. The largest absolute Gasteiger partial charge is 0.454 e. The topological polar surface area (TPSA) is 134 Å². The van der Waals surface area contributed by atoms with Crippen molar-refractivity contribution in [3.05, 3.63) is 48.0 Å². The fourth-order valence-corrected chi connectivity index (χ4v) is 2.79. The Morgan fingerprint density at radius 3 is 2.44 bits per heavy atom. The second kappa shape index (κ2) is 7.25. The average molecular weight is 392 g/mol. The molecule has 0 unspecified atom stereocenters. The Morgan fingerprint density at radius 2 is 1.78 bits per heavy atom. The molecular weight excluding hydrogens is 376 g/mol. The predicted molar refractivity (Wildman–Crippen MR) is 93.9 cm³/mol. The van der Waals surface area contributed by atoms with E-state index in [1.54, 1.807) is 6.07 Å². The van der Waals surface area contributed by atoms with Crippen molar-refractivity contribution in [2.45, 2.75) is 17.9 Å². The highest BCUT2D eigenvalue weighted by atomic mass is 32.2. The molecule has 0 saturated carbocycles. The van der Waals surface area contributed by atoms with Crippen LogP contribution in [0.1, 0.15) is 17.3 Å². The molecule has 27 heavy (non-hydrogen) atoms. The van der Waals surface area contributed by atoms with E-state index in [2.05, 4.69) is 5.32 Å². The molecule has 1 atom stereocenters. The molecule has 0 spiro atoms. The van der Waals surface area contributed by atoms with Gasteiger partial charge in [-0.1, -0.05) is 0 Å². The third kappa shape index (κ3) is 4.36. The second-order valence-electron chi connectivity index (χ2n) is 5.67. The Labute approximate surface area is 155 Å². The molecule has 142 valence electrons. The number of benzene rings is 2. The van der Waals surface area contributed by atoms with Crippen LogP contribution in [0.3, 0.4) is 0 Å². The van der Waals surface area contributed by atoms with Gasteiger partial charge in [0.2, 0.25) is 16.8 Å². The zero-order chi connectivity index (χ0) is 19.6. The standard InChI is InChI=1S/C17H16N2O7S/c1-10(16(20)19-12-3-5-13(6-4-12)27(18,22)23)26-17(21)11-2-7-14-15(8-11)25-9-24-14/h2-8,10H,9H2,1H3,(H,19,20)(H2,18,22,23)/t10-/m0/s1. The van der Waals surface area contributed by atoms with Gasteiger partial charge in [-0.2, -0.15) is 0 Å². The number of hydrogen-bond acceptors (Lipinski definition) is 7. The molecule has 1 heterocycles. The van der Waals surface area contributed by atoms with Crippen molar-refractivity contribution < 1.29 is 32.2 Å². The summed E-state index contributed by atoms with van der Waals surface area (Å²) in [5.41, 5.74) is 0.551. The Kier molecular flexibility index (Phi) is 5.02. The fraction of sp³-hybridized carbons (Fsp3) is 0.176. The minimum atomic E-state index is -3.82. The van der Waals surface area contributed by atoms with Gasteiger partial charge in [-0.3, -0.25) is 4.79 Å². The number of amides is 1. The highest BCUT2D eigenvalue weighted by Gasteiger charge is 2.22. The van der Waals surface area contributed by atoms with Gasteiger partial charge in [0.15, 0.2) is 17.6 Å². The summed E-state index contributed by atoms with van der Waals surface area (Å²) in [4.78, 5) is 24.3. The van der Waals surface area contributed by atoms with Gasteiger partial charge in [-0.15, -0.1) is 0 Å². The van der Waals surface area contributed by atoms with Gasteiger partial charge in [0.05, 0.1) is 10.5 Å². The van der Waals surface area contributed by atoms with E-state index in [1.165, 1.54) is 43.3 Å². The van der Waals surface area contributed by atoms with Crippen molar-refractivity contribution >= 4 is 27.6 Å². The van der Waals surface area contributed by atoms with Gasteiger partial charge < -0.3 is 19.5 Å². The number of ether oxygens (including phenoxy) is 3. The molecular formula is C17H16N2O7S. The van der Waals surface area contributed by atoms with Crippen LogP contribution in [-0.4, -0.2) is 33.2 Å². The molecule has 0 radical (unpaired) electrons. The van der Waals surface area contributed by atoms with Gasteiger partial charge in [-0.05, 0) is 49.4 Å². The summed E-state index contributed by atoms with van der Waals surface area (Å²) in [6, 6.07) is 9.83. The lowest BCUT2D eigenvalue weighted by Crippen LogP contribution is -2.30. The molecule has 2 aromatic carbocycles. The number of primary sulfonamides is 1. The molecule has 1 aliphatic rings. The van der Waals surface area contributed by atoms with E-state index in [4.69, 9.17) is 19.3 Å².